The van der Waals surface area contributed by atoms with Crippen LogP contribution in [0.5, 0.6) is 5.75 Å². The number of benzene rings is 1. The summed E-state index contributed by atoms with van der Waals surface area (Å²) in [6, 6.07) is 5.70. The Balaban J connectivity index is 2.62. The topological polar surface area (TPSA) is 46.5 Å². The number of carboxylic acid groups (broad SMARTS) is 1. The molecule has 0 saturated heterocycles. The first-order valence-electron chi connectivity index (χ1n) is 5.74. The van der Waals surface area contributed by atoms with Gasteiger partial charge in [0, 0.05) is 5.56 Å². The first-order chi connectivity index (χ1) is 7.87. The van der Waals surface area contributed by atoms with Crippen molar-refractivity contribution < 1.29 is 14.6 Å². The fourth-order valence-electron chi connectivity index (χ4n) is 2.82. The minimum absolute atomic E-state index is 0.208. The summed E-state index contributed by atoms with van der Waals surface area (Å²) in [5.74, 6) is -0.0492. The molecule has 1 N–H and O–H groups in total. The molecule has 92 valence electrons. The number of aryl methyl sites for hydroxylation is 1. The Morgan fingerprint density at radius 3 is 2.41 bits per heavy atom. The summed E-state index contributed by atoms with van der Waals surface area (Å²) >= 11 is 0. The molecule has 0 radical (unpaired) electrons. The van der Waals surface area contributed by atoms with Crippen LogP contribution in [0.25, 0.3) is 0 Å². The van der Waals surface area contributed by atoms with Crippen molar-refractivity contribution in [1.82, 2.24) is 0 Å². The first kappa shape index (κ1) is 12.0. The molecular formula is C14H18O3. The largest absolute Gasteiger partial charge is 0.496 e. The van der Waals surface area contributed by atoms with Crippen LogP contribution in [0.4, 0.5) is 0 Å². The van der Waals surface area contributed by atoms with Crippen LogP contribution < -0.4 is 4.74 Å². The Bertz CT molecular complexity index is 476. The molecule has 2 rings (SSSR count). The zero-order valence-electron chi connectivity index (χ0n) is 10.7. The van der Waals surface area contributed by atoms with Crippen LogP contribution in [0.2, 0.25) is 0 Å². The minimum atomic E-state index is -0.787. The summed E-state index contributed by atoms with van der Waals surface area (Å²) in [6.45, 7) is 5.92. The minimum Gasteiger partial charge on any atom is -0.496 e. The Morgan fingerprint density at radius 2 is 2.00 bits per heavy atom. The van der Waals surface area contributed by atoms with Gasteiger partial charge in [0.1, 0.15) is 11.2 Å². The molecular weight excluding hydrogens is 216 g/mol. The molecule has 1 aromatic rings. The molecule has 3 nitrogen and oxygen atoms in total. The number of hydrogen-bond donors (Lipinski definition) is 1. The maximum atomic E-state index is 11.6. The van der Waals surface area contributed by atoms with E-state index in [1.165, 1.54) is 0 Å². The van der Waals surface area contributed by atoms with Crippen molar-refractivity contribution in [2.24, 2.45) is 5.41 Å². The zero-order valence-corrected chi connectivity index (χ0v) is 10.7. The van der Waals surface area contributed by atoms with E-state index in [2.05, 4.69) is 0 Å². The van der Waals surface area contributed by atoms with E-state index >= 15 is 0 Å². The first-order valence-corrected chi connectivity index (χ1v) is 5.74. The number of carboxylic acids is 1. The van der Waals surface area contributed by atoms with Gasteiger partial charge in [-0.2, -0.15) is 0 Å². The lowest BCUT2D eigenvalue weighted by Crippen LogP contribution is -2.26. The number of ether oxygens (including phenoxy) is 1. The highest BCUT2D eigenvalue weighted by molar-refractivity contribution is 5.88. The van der Waals surface area contributed by atoms with E-state index in [0.717, 1.165) is 11.1 Å². The fraction of sp³-hybridized carbons (Fsp3) is 0.500. The predicted octanol–water partition coefficient (Wildman–Crippen LogP) is 2.76. The van der Waals surface area contributed by atoms with Crippen LogP contribution in [0.15, 0.2) is 18.2 Å². The van der Waals surface area contributed by atoms with Gasteiger partial charge >= 0.3 is 5.97 Å². The molecule has 0 amide bonds. The van der Waals surface area contributed by atoms with Crippen molar-refractivity contribution in [1.29, 1.82) is 0 Å². The van der Waals surface area contributed by atoms with Crippen molar-refractivity contribution >= 4 is 5.97 Å². The molecule has 3 heteroatoms. The van der Waals surface area contributed by atoms with Crippen LogP contribution in [0, 0.1) is 12.3 Å². The second-order valence-electron chi connectivity index (χ2n) is 5.43. The Hall–Kier alpha value is -1.51. The summed E-state index contributed by atoms with van der Waals surface area (Å²) < 4.78 is 5.38. The number of aliphatic carboxylic acids is 1. The summed E-state index contributed by atoms with van der Waals surface area (Å²) in [6.07, 6.45) is 0.662. The number of carbonyl (C=O) groups is 1. The molecule has 1 fully saturated rings. The average molecular weight is 234 g/mol. The fourth-order valence-corrected chi connectivity index (χ4v) is 2.82. The molecule has 0 heterocycles. The van der Waals surface area contributed by atoms with Crippen molar-refractivity contribution in [3.05, 3.63) is 29.3 Å². The van der Waals surface area contributed by atoms with E-state index in [9.17, 15) is 9.90 Å². The van der Waals surface area contributed by atoms with Gasteiger partial charge in [-0.1, -0.05) is 32.0 Å². The van der Waals surface area contributed by atoms with Crippen LogP contribution in [-0.2, 0) is 10.2 Å². The SMILES string of the molecule is COc1c(C)cccc1C1(C(=O)O)CC1(C)C. The highest BCUT2D eigenvalue weighted by atomic mass is 16.5. The van der Waals surface area contributed by atoms with Crippen LogP contribution in [0.1, 0.15) is 31.4 Å². The second-order valence-corrected chi connectivity index (χ2v) is 5.43. The standard InChI is InChI=1S/C14H18O3/c1-9-6-5-7-10(11(9)17-4)14(12(15)16)8-13(14,2)3/h5-7H,8H2,1-4H3,(H,15,16). The Kier molecular flexibility index (Phi) is 2.45. The van der Waals surface area contributed by atoms with E-state index < -0.39 is 11.4 Å². The van der Waals surface area contributed by atoms with Gasteiger partial charge in [0.15, 0.2) is 0 Å². The van der Waals surface area contributed by atoms with Gasteiger partial charge < -0.3 is 9.84 Å². The molecule has 0 bridgehead atoms. The lowest BCUT2D eigenvalue weighted by atomic mass is 9.86. The maximum absolute atomic E-state index is 11.6. The van der Waals surface area contributed by atoms with Gasteiger partial charge in [-0.25, -0.2) is 0 Å². The van der Waals surface area contributed by atoms with Crippen molar-refractivity contribution in [3.63, 3.8) is 0 Å². The average Bonchev–Trinajstić information content (AvgIpc) is 2.83. The van der Waals surface area contributed by atoms with Crippen LogP contribution in [0.3, 0.4) is 0 Å². The highest BCUT2D eigenvalue weighted by Gasteiger charge is 2.68. The molecule has 1 aliphatic carbocycles. The summed E-state index contributed by atoms with van der Waals surface area (Å²) in [7, 11) is 1.59. The highest BCUT2D eigenvalue weighted by Crippen LogP contribution is 2.66. The molecule has 1 saturated carbocycles. The van der Waals surface area contributed by atoms with Gasteiger partial charge in [0.2, 0.25) is 0 Å². The predicted molar refractivity (Wildman–Crippen MR) is 65.4 cm³/mol. The van der Waals surface area contributed by atoms with E-state index in [1.807, 2.05) is 39.0 Å². The molecule has 1 unspecified atom stereocenters. The Labute approximate surface area is 101 Å². The summed E-state index contributed by atoms with van der Waals surface area (Å²) in [5, 5.41) is 9.55. The molecule has 0 aliphatic heterocycles. The zero-order chi connectivity index (χ0) is 12.8. The normalized spacial score (nSPS) is 25.4. The molecule has 0 aromatic heterocycles. The third-order valence-electron chi connectivity index (χ3n) is 3.98. The van der Waals surface area contributed by atoms with E-state index in [4.69, 9.17) is 4.74 Å². The molecule has 17 heavy (non-hydrogen) atoms. The summed E-state index contributed by atoms with van der Waals surface area (Å²) in [4.78, 5) is 11.6. The van der Waals surface area contributed by atoms with Crippen molar-refractivity contribution in [2.75, 3.05) is 7.11 Å². The van der Waals surface area contributed by atoms with Crippen LogP contribution in [-0.4, -0.2) is 18.2 Å². The van der Waals surface area contributed by atoms with Gasteiger partial charge in [0.25, 0.3) is 0 Å². The van der Waals surface area contributed by atoms with Crippen LogP contribution >= 0.6 is 0 Å². The number of methoxy groups -OCH3 is 1. The lowest BCUT2D eigenvalue weighted by molar-refractivity contribution is -0.141. The van der Waals surface area contributed by atoms with Crippen molar-refractivity contribution in [3.8, 4) is 5.75 Å². The number of para-hydroxylation sites is 1. The third-order valence-corrected chi connectivity index (χ3v) is 3.98. The smallest absolute Gasteiger partial charge is 0.314 e. The lowest BCUT2D eigenvalue weighted by Gasteiger charge is -2.20. The molecule has 0 spiro atoms. The quantitative estimate of drug-likeness (QED) is 0.874. The van der Waals surface area contributed by atoms with Gasteiger partial charge in [-0.05, 0) is 24.3 Å². The van der Waals surface area contributed by atoms with Gasteiger partial charge in [-0.3, -0.25) is 4.79 Å². The number of rotatable bonds is 3. The van der Waals surface area contributed by atoms with Crippen molar-refractivity contribution in [2.45, 2.75) is 32.6 Å². The van der Waals surface area contributed by atoms with E-state index in [0.29, 0.717) is 12.2 Å². The monoisotopic (exact) mass is 234 g/mol. The molecule has 1 atom stereocenters. The molecule has 1 aliphatic rings. The molecule has 1 aromatic carbocycles. The number of hydrogen-bond acceptors (Lipinski definition) is 2. The van der Waals surface area contributed by atoms with Gasteiger partial charge in [-0.15, -0.1) is 0 Å². The second kappa shape index (κ2) is 3.49. The third kappa shape index (κ3) is 1.45. The Morgan fingerprint density at radius 1 is 1.41 bits per heavy atom. The summed E-state index contributed by atoms with van der Waals surface area (Å²) in [5.41, 5.74) is 0.787. The maximum Gasteiger partial charge on any atom is 0.314 e. The van der Waals surface area contributed by atoms with E-state index in [1.54, 1.807) is 7.11 Å². The van der Waals surface area contributed by atoms with Gasteiger partial charge in [0.05, 0.1) is 7.11 Å². The van der Waals surface area contributed by atoms with E-state index in [-0.39, 0.29) is 5.41 Å².